The second-order valence-electron chi connectivity index (χ2n) is 6.82. The summed E-state index contributed by atoms with van der Waals surface area (Å²) in [6.07, 6.45) is 1.28. The Kier molecular flexibility index (Phi) is 4.94. The summed E-state index contributed by atoms with van der Waals surface area (Å²) in [7, 11) is -2.23. The molecule has 0 amide bonds. The lowest BCUT2D eigenvalue weighted by Gasteiger charge is -2.21. The van der Waals surface area contributed by atoms with Gasteiger partial charge in [0.25, 0.3) is 10.0 Å². The average Bonchev–Trinajstić information content (AvgIpc) is 2.79. The van der Waals surface area contributed by atoms with E-state index in [1.54, 1.807) is 53.8 Å². The average molecular weight is 365 g/mol. The number of aryl methyl sites for hydroxylation is 2. The van der Waals surface area contributed by atoms with E-state index >= 15 is 0 Å². The van der Waals surface area contributed by atoms with Gasteiger partial charge in [0.2, 0.25) is 0 Å². The van der Waals surface area contributed by atoms with Crippen LogP contribution in [0, 0.1) is 13.8 Å². The molecular formula is C17H23N3O4S. The molecule has 1 N–H and O–H groups in total. The summed E-state index contributed by atoms with van der Waals surface area (Å²) in [5.74, 6) is -0.586. The molecule has 136 valence electrons. The van der Waals surface area contributed by atoms with Crippen molar-refractivity contribution in [3.63, 3.8) is 0 Å². The molecule has 2 aromatic rings. The maximum Gasteiger partial charge on any atom is 0.340 e. The smallest absolute Gasteiger partial charge is 0.340 e. The summed E-state index contributed by atoms with van der Waals surface area (Å²) in [6.45, 7) is 8.65. The van der Waals surface area contributed by atoms with E-state index in [1.165, 1.54) is 16.9 Å². The quantitative estimate of drug-likeness (QED) is 0.842. The first-order valence-corrected chi connectivity index (χ1v) is 9.25. The zero-order valence-corrected chi connectivity index (χ0v) is 16.1. The molecule has 1 aromatic heterocycles. The molecule has 0 bridgehead atoms. The van der Waals surface area contributed by atoms with Crippen molar-refractivity contribution in [1.82, 2.24) is 9.78 Å². The molecule has 0 saturated carbocycles. The molecule has 0 radical (unpaired) electrons. The molecule has 0 saturated heterocycles. The van der Waals surface area contributed by atoms with Gasteiger partial charge in [-0.2, -0.15) is 5.10 Å². The predicted molar refractivity (Wildman–Crippen MR) is 95.1 cm³/mol. The Balaban J connectivity index is 2.46. The van der Waals surface area contributed by atoms with Gasteiger partial charge < -0.3 is 4.74 Å². The van der Waals surface area contributed by atoms with Crippen LogP contribution in [-0.4, -0.2) is 29.8 Å². The van der Waals surface area contributed by atoms with Crippen LogP contribution in [0.3, 0.4) is 0 Å². The van der Waals surface area contributed by atoms with Crippen molar-refractivity contribution in [2.75, 3.05) is 4.72 Å². The van der Waals surface area contributed by atoms with E-state index < -0.39 is 21.6 Å². The van der Waals surface area contributed by atoms with Crippen LogP contribution in [0.1, 0.15) is 42.4 Å². The lowest BCUT2D eigenvalue weighted by atomic mass is 10.1. The number of ether oxygens (including phenoxy) is 1. The normalized spacial score (nSPS) is 12.1. The zero-order valence-electron chi connectivity index (χ0n) is 15.2. The summed E-state index contributed by atoms with van der Waals surface area (Å²) < 4.78 is 34.8. The topological polar surface area (TPSA) is 90.3 Å². The van der Waals surface area contributed by atoms with Crippen LogP contribution in [0.4, 0.5) is 5.69 Å². The Morgan fingerprint density at radius 1 is 1.24 bits per heavy atom. The fraction of sp³-hybridized carbons (Fsp3) is 0.412. The first-order chi connectivity index (χ1) is 11.4. The Morgan fingerprint density at radius 3 is 2.40 bits per heavy atom. The number of sulfonamides is 1. The third kappa shape index (κ3) is 4.19. The fourth-order valence-electron chi connectivity index (χ4n) is 2.24. The highest BCUT2D eigenvalue weighted by Gasteiger charge is 2.26. The standard InChI is InChI=1S/C17H23N3O4S/c1-11-8-7-9-13(16(21)24-17(3,4)5)15(11)19-25(22,23)14-10-18-20(6)12(14)2/h7-10,19H,1-6H3. The van der Waals surface area contributed by atoms with Gasteiger partial charge in [0.15, 0.2) is 0 Å². The van der Waals surface area contributed by atoms with E-state index in [9.17, 15) is 13.2 Å². The first-order valence-electron chi connectivity index (χ1n) is 7.77. The highest BCUT2D eigenvalue weighted by atomic mass is 32.2. The number of anilines is 1. The number of aromatic nitrogens is 2. The highest BCUT2D eigenvalue weighted by molar-refractivity contribution is 7.92. The fourth-order valence-corrected chi connectivity index (χ4v) is 3.59. The monoisotopic (exact) mass is 365 g/mol. The number of hydrogen-bond donors (Lipinski definition) is 1. The molecule has 7 nitrogen and oxygen atoms in total. The van der Waals surface area contributed by atoms with Gasteiger partial charge in [-0.25, -0.2) is 13.2 Å². The molecule has 0 unspecified atom stereocenters. The van der Waals surface area contributed by atoms with E-state index in [4.69, 9.17) is 4.74 Å². The molecule has 0 aliphatic heterocycles. The molecule has 0 fully saturated rings. The Morgan fingerprint density at radius 2 is 1.88 bits per heavy atom. The summed E-state index contributed by atoms with van der Waals surface area (Å²) in [4.78, 5) is 12.5. The van der Waals surface area contributed by atoms with Gasteiger partial charge in [0, 0.05) is 7.05 Å². The van der Waals surface area contributed by atoms with Crippen molar-refractivity contribution in [1.29, 1.82) is 0 Å². The summed E-state index contributed by atoms with van der Waals surface area (Å²) in [5.41, 5.74) is 0.810. The van der Waals surface area contributed by atoms with Gasteiger partial charge in [-0.3, -0.25) is 9.40 Å². The van der Waals surface area contributed by atoms with Crippen molar-refractivity contribution < 1.29 is 17.9 Å². The van der Waals surface area contributed by atoms with Gasteiger partial charge in [0.05, 0.1) is 23.1 Å². The molecule has 1 aromatic carbocycles. The SMILES string of the molecule is Cc1cccc(C(=O)OC(C)(C)C)c1NS(=O)(=O)c1cnn(C)c1C. The maximum atomic E-state index is 12.7. The van der Waals surface area contributed by atoms with E-state index in [1.807, 2.05) is 0 Å². The van der Waals surface area contributed by atoms with Gasteiger partial charge in [-0.05, 0) is 46.2 Å². The number of carbonyl (C=O) groups is 1. The Hall–Kier alpha value is -2.35. The van der Waals surface area contributed by atoms with Gasteiger partial charge in [0.1, 0.15) is 10.5 Å². The first kappa shape index (κ1) is 19.0. The minimum Gasteiger partial charge on any atom is -0.456 e. The number of nitrogens with one attached hydrogen (secondary N) is 1. The summed E-state index contributed by atoms with van der Waals surface area (Å²) in [6, 6.07) is 4.94. The lowest BCUT2D eigenvalue weighted by molar-refractivity contribution is 0.00707. The third-order valence-electron chi connectivity index (χ3n) is 3.61. The van der Waals surface area contributed by atoms with Crippen molar-refractivity contribution >= 4 is 21.7 Å². The highest BCUT2D eigenvalue weighted by Crippen LogP contribution is 2.27. The summed E-state index contributed by atoms with van der Waals surface area (Å²) in [5, 5.41) is 3.96. The number of hydrogen-bond acceptors (Lipinski definition) is 5. The number of rotatable bonds is 4. The number of para-hydroxylation sites is 1. The molecular weight excluding hydrogens is 342 g/mol. The van der Waals surface area contributed by atoms with Crippen molar-refractivity contribution in [2.45, 2.75) is 45.1 Å². The Labute approximate surface area is 148 Å². The largest absolute Gasteiger partial charge is 0.456 e. The minimum atomic E-state index is -3.89. The van der Waals surface area contributed by atoms with Gasteiger partial charge in [-0.1, -0.05) is 12.1 Å². The van der Waals surface area contributed by atoms with Crippen LogP contribution in [0.2, 0.25) is 0 Å². The van der Waals surface area contributed by atoms with E-state index in [2.05, 4.69) is 9.82 Å². The lowest BCUT2D eigenvalue weighted by Crippen LogP contribution is -2.25. The van der Waals surface area contributed by atoms with Crippen LogP contribution in [0.5, 0.6) is 0 Å². The van der Waals surface area contributed by atoms with Crippen LogP contribution in [0.25, 0.3) is 0 Å². The Bertz CT molecular complexity index is 908. The molecule has 0 aliphatic rings. The van der Waals surface area contributed by atoms with Crippen molar-refractivity contribution in [2.24, 2.45) is 7.05 Å². The molecule has 8 heteroatoms. The van der Waals surface area contributed by atoms with Crippen molar-refractivity contribution in [3.8, 4) is 0 Å². The number of esters is 1. The molecule has 0 atom stereocenters. The van der Waals surface area contributed by atoms with Crippen molar-refractivity contribution in [3.05, 3.63) is 41.2 Å². The van der Waals surface area contributed by atoms with Crippen LogP contribution in [-0.2, 0) is 21.8 Å². The predicted octanol–water partition coefficient (Wildman–Crippen LogP) is 2.79. The zero-order chi connectivity index (χ0) is 19.0. The van der Waals surface area contributed by atoms with Crippen LogP contribution in [0.15, 0.2) is 29.3 Å². The second kappa shape index (κ2) is 6.51. The van der Waals surface area contributed by atoms with E-state index in [-0.39, 0.29) is 16.1 Å². The number of benzene rings is 1. The molecule has 0 spiro atoms. The number of carbonyl (C=O) groups excluding carboxylic acids is 1. The van der Waals surface area contributed by atoms with Crippen LogP contribution < -0.4 is 4.72 Å². The van der Waals surface area contributed by atoms with Crippen LogP contribution >= 0.6 is 0 Å². The maximum absolute atomic E-state index is 12.7. The molecule has 1 heterocycles. The molecule has 2 rings (SSSR count). The number of nitrogens with zero attached hydrogens (tertiary/aromatic N) is 2. The molecule has 0 aliphatic carbocycles. The van der Waals surface area contributed by atoms with E-state index in [0.717, 1.165) is 0 Å². The third-order valence-corrected chi connectivity index (χ3v) is 5.06. The van der Waals surface area contributed by atoms with Gasteiger partial charge in [-0.15, -0.1) is 0 Å². The second-order valence-corrected chi connectivity index (χ2v) is 8.47. The van der Waals surface area contributed by atoms with Gasteiger partial charge >= 0.3 is 5.97 Å². The molecule has 25 heavy (non-hydrogen) atoms. The summed E-state index contributed by atoms with van der Waals surface area (Å²) >= 11 is 0. The van der Waals surface area contributed by atoms with E-state index in [0.29, 0.717) is 11.3 Å². The minimum absolute atomic E-state index is 0.0633.